The Kier molecular flexibility index (Phi) is 1.93. The highest BCUT2D eigenvalue weighted by Crippen LogP contribution is 2.34. The van der Waals surface area contributed by atoms with Gasteiger partial charge in [-0.05, 0) is 18.2 Å². The number of aromatic hydroxyl groups is 1. The molecular weight excluding hydrogens is 176 g/mol. The van der Waals surface area contributed by atoms with Crippen molar-refractivity contribution in [2.45, 2.75) is 0 Å². The van der Waals surface area contributed by atoms with Gasteiger partial charge >= 0.3 is 0 Å². The number of phenols is 1. The Morgan fingerprint density at radius 2 is 2.00 bits per heavy atom. The van der Waals surface area contributed by atoms with Crippen molar-refractivity contribution in [3.63, 3.8) is 0 Å². The number of anilines is 2. The largest absolute Gasteiger partial charge is 0.507 e. The second-order valence-electron chi connectivity index (χ2n) is 3.15. The number of benzene rings is 2. The fourth-order valence-electron chi connectivity index (χ4n) is 1.63. The van der Waals surface area contributed by atoms with Gasteiger partial charge in [0, 0.05) is 29.2 Å². The predicted octanol–water partition coefficient (Wildman–Crippen LogP) is 2.17. The molecule has 0 aliphatic heterocycles. The van der Waals surface area contributed by atoms with Gasteiger partial charge in [0.1, 0.15) is 5.75 Å². The van der Waals surface area contributed by atoms with Crippen molar-refractivity contribution in [1.29, 1.82) is 0 Å². The smallest absolute Gasteiger partial charge is 0.123 e. The molecule has 14 heavy (non-hydrogen) atoms. The van der Waals surface area contributed by atoms with Crippen LogP contribution in [0, 0.1) is 0 Å². The second-order valence-corrected chi connectivity index (χ2v) is 3.15. The molecule has 0 radical (unpaired) electrons. The molecule has 0 fully saturated rings. The van der Waals surface area contributed by atoms with Crippen LogP contribution in [0.3, 0.4) is 0 Å². The first-order chi connectivity index (χ1) is 6.74. The third kappa shape index (κ3) is 1.14. The van der Waals surface area contributed by atoms with Crippen molar-refractivity contribution >= 4 is 22.1 Å². The summed E-state index contributed by atoms with van der Waals surface area (Å²) in [4.78, 5) is 0. The van der Waals surface area contributed by atoms with Crippen molar-refractivity contribution in [2.75, 3.05) is 18.1 Å². The summed E-state index contributed by atoms with van der Waals surface area (Å²) in [5.41, 5.74) is 7.45. The number of phenolic OH excluding ortho intramolecular Hbond substituents is 1. The molecule has 0 saturated carbocycles. The minimum Gasteiger partial charge on any atom is -0.507 e. The number of hydrogen-bond donors (Lipinski definition) is 3. The van der Waals surface area contributed by atoms with Gasteiger partial charge in [-0.1, -0.05) is 12.1 Å². The number of fused-ring (bicyclic) bond motifs is 1. The molecule has 72 valence electrons. The minimum atomic E-state index is 0.256. The molecule has 0 aliphatic rings. The van der Waals surface area contributed by atoms with Crippen molar-refractivity contribution in [2.24, 2.45) is 0 Å². The molecule has 0 amide bonds. The Balaban J connectivity index is 2.92. The van der Waals surface area contributed by atoms with Crippen LogP contribution in [-0.4, -0.2) is 12.2 Å². The summed E-state index contributed by atoms with van der Waals surface area (Å²) in [5, 5.41) is 14.3. The molecular formula is C11H12N2O. The average molecular weight is 188 g/mol. The number of hydrogen-bond acceptors (Lipinski definition) is 3. The first-order valence-electron chi connectivity index (χ1n) is 4.42. The Hall–Kier alpha value is -1.90. The van der Waals surface area contributed by atoms with E-state index < -0.39 is 0 Å². The van der Waals surface area contributed by atoms with E-state index in [2.05, 4.69) is 5.32 Å². The fourth-order valence-corrected chi connectivity index (χ4v) is 1.63. The molecule has 0 bridgehead atoms. The van der Waals surface area contributed by atoms with Gasteiger partial charge in [0.05, 0.1) is 0 Å². The van der Waals surface area contributed by atoms with E-state index in [9.17, 15) is 5.11 Å². The van der Waals surface area contributed by atoms with Gasteiger partial charge in [-0.15, -0.1) is 0 Å². The lowest BCUT2D eigenvalue weighted by Gasteiger charge is -2.09. The maximum absolute atomic E-state index is 9.63. The van der Waals surface area contributed by atoms with Crippen molar-refractivity contribution in [3.8, 4) is 5.75 Å². The van der Waals surface area contributed by atoms with Crippen LogP contribution in [0.1, 0.15) is 0 Å². The van der Waals surface area contributed by atoms with E-state index in [0.717, 1.165) is 16.5 Å². The van der Waals surface area contributed by atoms with Crippen LogP contribution in [0.5, 0.6) is 5.75 Å². The first kappa shape index (κ1) is 8.69. The van der Waals surface area contributed by atoms with Crippen molar-refractivity contribution in [1.82, 2.24) is 0 Å². The zero-order valence-electron chi connectivity index (χ0n) is 7.91. The van der Waals surface area contributed by atoms with Crippen molar-refractivity contribution < 1.29 is 5.11 Å². The third-order valence-electron chi connectivity index (χ3n) is 2.32. The van der Waals surface area contributed by atoms with Crippen LogP contribution in [0.2, 0.25) is 0 Å². The molecule has 2 aromatic carbocycles. The molecule has 0 atom stereocenters. The normalized spacial score (nSPS) is 10.4. The molecule has 4 N–H and O–H groups in total. The molecule has 0 aromatic heterocycles. The molecule has 3 heteroatoms. The lowest BCUT2D eigenvalue weighted by molar-refractivity contribution is 0.482. The van der Waals surface area contributed by atoms with E-state index in [1.165, 1.54) is 0 Å². The van der Waals surface area contributed by atoms with E-state index in [0.29, 0.717) is 5.69 Å². The van der Waals surface area contributed by atoms with Gasteiger partial charge in [0.15, 0.2) is 0 Å². The van der Waals surface area contributed by atoms with E-state index in [-0.39, 0.29) is 5.75 Å². The molecule has 2 aromatic rings. The second kappa shape index (κ2) is 3.10. The molecule has 0 unspecified atom stereocenters. The SMILES string of the molecule is CNc1cccc2c(O)ccc(N)c12. The summed E-state index contributed by atoms with van der Waals surface area (Å²) >= 11 is 0. The molecule has 0 aliphatic carbocycles. The first-order valence-corrected chi connectivity index (χ1v) is 4.42. The molecule has 0 heterocycles. The minimum absolute atomic E-state index is 0.256. The number of rotatable bonds is 1. The lowest BCUT2D eigenvalue weighted by Crippen LogP contribution is -1.93. The van der Waals surface area contributed by atoms with E-state index >= 15 is 0 Å². The van der Waals surface area contributed by atoms with Gasteiger partial charge in [-0.25, -0.2) is 0 Å². The quantitative estimate of drug-likeness (QED) is 0.475. The summed E-state index contributed by atoms with van der Waals surface area (Å²) in [7, 11) is 1.83. The molecule has 0 spiro atoms. The molecule has 0 saturated heterocycles. The standard InChI is InChI=1S/C11H12N2O/c1-13-9-4-2-3-7-10(14)6-5-8(12)11(7)9/h2-6,13-14H,12H2,1H3. The highest BCUT2D eigenvalue weighted by Gasteiger charge is 2.06. The molecule has 2 rings (SSSR count). The van der Waals surface area contributed by atoms with Gasteiger partial charge in [0.25, 0.3) is 0 Å². The highest BCUT2D eigenvalue weighted by molar-refractivity contribution is 6.05. The average Bonchev–Trinajstić information content (AvgIpc) is 2.23. The zero-order chi connectivity index (χ0) is 10.1. The topological polar surface area (TPSA) is 58.3 Å². The Labute approximate surface area is 82.2 Å². The monoisotopic (exact) mass is 188 g/mol. The number of nitrogen functional groups attached to an aromatic ring is 1. The fraction of sp³-hybridized carbons (Fsp3) is 0.0909. The predicted molar refractivity (Wildman–Crippen MR) is 59.6 cm³/mol. The van der Waals surface area contributed by atoms with Gasteiger partial charge in [0.2, 0.25) is 0 Å². The van der Waals surface area contributed by atoms with Crippen LogP contribution in [-0.2, 0) is 0 Å². The van der Waals surface area contributed by atoms with Gasteiger partial charge in [-0.2, -0.15) is 0 Å². The lowest BCUT2D eigenvalue weighted by atomic mass is 10.1. The number of nitrogens with one attached hydrogen (secondary N) is 1. The van der Waals surface area contributed by atoms with E-state index in [1.807, 2.05) is 25.2 Å². The summed E-state index contributed by atoms with van der Waals surface area (Å²) in [6.07, 6.45) is 0. The summed E-state index contributed by atoms with van der Waals surface area (Å²) < 4.78 is 0. The summed E-state index contributed by atoms with van der Waals surface area (Å²) in [5.74, 6) is 0.256. The van der Waals surface area contributed by atoms with Crippen molar-refractivity contribution in [3.05, 3.63) is 30.3 Å². The maximum atomic E-state index is 9.63. The van der Waals surface area contributed by atoms with Crippen LogP contribution in [0.25, 0.3) is 10.8 Å². The summed E-state index contributed by atoms with van der Waals surface area (Å²) in [6.45, 7) is 0. The van der Waals surface area contributed by atoms with Crippen LogP contribution >= 0.6 is 0 Å². The van der Waals surface area contributed by atoms with Gasteiger partial charge < -0.3 is 16.2 Å². The highest BCUT2D eigenvalue weighted by atomic mass is 16.3. The summed E-state index contributed by atoms with van der Waals surface area (Å²) in [6, 6.07) is 8.98. The van der Waals surface area contributed by atoms with Crippen LogP contribution in [0.15, 0.2) is 30.3 Å². The Bertz CT molecular complexity index is 480. The zero-order valence-corrected chi connectivity index (χ0v) is 7.91. The van der Waals surface area contributed by atoms with E-state index in [1.54, 1.807) is 12.1 Å². The van der Waals surface area contributed by atoms with E-state index in [4.69, 9.17) is 5.73 Å². The molecule has 3 nitrogen and oxygen atoms in total. The van der Waals surface area contributed by atoms with Crippen LogP contribution < -0.4 is 11.1 Å². The Morgan fingerprint density at radius 1 is 1.21 bits per heavy atom. The Morgan fingerprint density at radius 3 is 2.71 bits per heavy atom. The number of nitrogens with two attached hydrogens (primary N) is 1. The third-order valence-corrected chi connectivity index (χ3v) is 2.32. The van der Waals surface area contributed by atoms with Gasteiger partial charge in [-0.3, -0.25) is 0 Å². The van der Waals surface area contributed by atoms with Crippen LogP contribution in [0.4, 0.5) is 11.4 Å². The maximum Gasteiger partial charge on any atom is 0.123 e.